The van der Waals surface area contributed by atoms with Gasteiger partial charge in [-0.15, -0.1) is 0 Å². The second-order valence-corrected chi connectivity index (χ2v) is 5.82. The van der Waals surface area contributed by atoms with E-state index >= 15 is 0 Å². The first-order valence-corrected chi connectivity index (χ1v) is 7.66. The molecule has 1 atom stereocenters. The Morgan fingerprint density at radius 2 is 1.85 bits per heavy atom. The lowest BCUT2D eigenvalue weighted by Crippen LogP contribution is -2.23. The van der Waals surface area contributed by atoms with Gasteiger partial charge in [0.2, 0.25) is 0 Å². The molecule has 3 heteroatoms. The molecule has 0 aliphatic heterocycles. The van der Waals surface area contributed by atoms with Crippen molar-refractivity contribution in [1.82, 2.24) is 5.32 Å². The molecular weight excluding hydrogens is 317 g/mol. The third kappa shape index (κ3) is 3.68. The molecule has 0 aliphatic rings. The summed E-state index contributed by atoms with van der Waals surface area (Å²) in [6.45, 7) is 5.08. The molecule has 2 aromatic carbocycles. The highest BCUT2D eigenvalue weighted by molar-refractivity contribution is 9.10. The van der Waals surface area contributed by atoms with Crippen LogP contribution in [0.1, 0.15) is 36.1 Å². The molecule has 2 rings (SSSR count). The van der Waals surface area contributed by atoms with E-state index in [-0.39, 0.29) is 11.9 Å². The highest BCUT2D eigenvalue weighted by Gasteiger charge is 2.16. The summed E-state index contributed by atoms with van der Waals surface area (Å²) in [5, 5.41) is 3.49. The molecule has 20 heavy (non-hydrogen) atoms. The number of rotatable bonds is 5. The lowest BCUT2D eigenvalue weighted by atomic mass is 9.97. The van der Waals surface area contributed by atoms with Crippen LogP contribution >= 0.6 is 15.9 Å². The highest BCUT2D eigenvalue weighted by atomic mass is 79.9. The minimum absolute atomic E-state index is 0.000579. The van der Waals surface area contributed by atoms with E-state index in [1.165, 1.54) is 11.6 Å². The highest BCUT2D eigenvalue weighted by Crippen LogP contribution is 2.29. The average Bonchev–Trinajstić information content (AvgIpc) is 2.44. The van der Waals surface area contributed by atoms with Gasteiger partial charge < -0.3 is 5.32 Å². The zero-order valence-electron chi connectivity index (χ0n) is 11.8. The summed E-state index contributed by atoms with van der Waals surface area (Å²) in [5.41, 5.74) is 3.30. The molecule has 0 aromatic heterocycles. The first-order valence-electron chi connectivity index (χ1n) is 6.86. The molecule has 0 aliphatic carbocycles. The van der Waals surface area contributed by atoms with Crippen LogP contribution in [0, 0.1) is 12.7 Å². The van der Waals surface area contributed by atoms with Gasteiger partial charge in [-0.3, -0.25) is 0 Å². The van der Waals surface area contributed by atoms with Gasteiger partial charge in [0.25, 0.3) is 0 Å². The van der Waals surface area contributed by atoms with Gasteiger partial charge in [-0.05, 0) is 49.2 Å². The van der Waals surface area contributed by atoms with Crippen LogP contribution in [0.15, 0.2) is 46.9 Å². The Balaban J connectivity index is 2.41. The molecule has 0 radical (unpaired) electrons. The van der Waals surface area contributed by atoms with E-state index in [1.807, 2.05) is 0 Å². The second-order valence-electron chi connectivity index (χ2n) is 4.96. The van der Waals surface area contributed by atoms with Crippen molar-refractivity contribution in [3.8, 4) is 0 Å². The number of aryl methyl sites for hydroxylation is 1. The van der Waals surface area contributed by atoms with Crippen LogP contribution < -0.4 is 5.32 Å². The van der Waals surface area contributed by atoms with Gasteiger partial charge in [0, 0.05) is 4.47 Å². The predicted molar refractivity (Wildman–Crippen MR) is 85.4 cm³/mol. The number of halogens is 2. The Morgan fingerprint density at radius 1 is 1.15 bits per heavy atom. The summed E-state index contributed by atoms with van der Waals surface area (Å²) in [4.78, 5) is 0. The first kappa shape index (κ1) is 15.2. The minimum atomic E-state index is -0.210. The maximum absolute atomic E-state index is 13.6. The fourth-order valence-electron chi connectivity index (χ4n) is 2.19. The molecule has 0 saturated heterocycles. The zero-order chi connectivity index (χ0) is 14.5. The first-order chi connectivity index (χ1) is 9.61. The lowest BCUT2D eigenvalue weighted by Gasteiger charge is -2.21. The summed E-state index contributed by atoms with van der Waals surface area (Å²) >= 11 is 3.53. The largest absolute Gasteiger partial charge is 0.306 e. The molecule has 0 heterocycles. The van der Waals surface area contributed by atoms with Crippen LogP contribution in [0.2, 0.25) is 0 Å². The summed E-state index contributed by atoms with van der Waals surface area (Å²) in [6.07, 6.45) is 1.04. The third-order valence-corrected chi connectivity index (χ3v) is 4.00. The fourth-order valence-corrected chi connectivity index (χ4v) is 2.67. The predicted octanol–water partition coefficient (Wildman–Crippen LogP) is 4.99. The van der Waals surface area contributed by atoms with E-state index in [4.69, 9.17) is 0 Å². The Labute approximate surface area is 128 Å². The zero-order valence-corrected chi connectivity index (χ0v) is 13.4. The van der Waals surface area contributed by atoms with E-state index in [1.54, 1.807) is 12.1 Å². The van der Waals surface area contributed by atoms with Gasteiger partial charge in [-0.2, -0.15) is 0 Å². The summed E-state index contributed by atoms with van der Waals surface area (Å²) in [6, 6.07) is 13.2. The summed E-state index contributed by atoms with van der Waals surface area (Å²) in [7, 11) is 0. The SMILES string of the molecule is CCCNC(c1ccc(C)cc1)c1cc(F)ccc1Br. The number of benzene rings is 2. The molecule has 1 nitrogen and oxygen atoms in total. The van der Waals surface area contributed by atoms with Crippen molar-refractivity contribution in [3.05, 3.63) is 69.4 Å². The quantitative estimate of drug-likeness (QED) is 0.811. The Hall–Kier alpha value is -1.19. The van der Waals surface area contributed by atoms with Crippen molar-refractivity contribution in [2.75, 3.05) is 6.54 Å². The molecule has 0 fully saturated rings. The standard InChI is InChI=1S/C17H19BrFN/c1-3-10-20-17(13-6-4-12(2)5-7-13)15-11-14(19)8-9-16(15)18/h4-9,11,17,20H,3,10H2,1-2H3. The second kappa shape index (κ2) is 7.00. The van der Waals surface area contributed by atoms with Crippen LogP contribution in [0.5, 0.6) is 0 Å². The van der Waals surface area contributed by atoms with E-state index in [0.29, 0.717) is 0 Å². The lowest BCUT2D eigenvalue weighted by molar-refractivity contribution is 0.583. The van der Waals surface area contributed by atoms with E-state index < -0.39 is 0 Å². The third-order valence-electron chi connectivity index (χ3n) is 3.28. The van der Waals surface area contributed by atoms with Gasteiger partial charge in [0.1, 0.15) is 5.82 Å². The maximum Gasteiger partial charge on any atom is 0.123 e. The van der Waals surface area contributed by atoms with Crippen LogP contribution in [-0.4, -0.2) is 6.54 Å². The van der Waals surface area contributed by atoms with Crippen LogP contribution in [0.25, 0.3) is 0 Å². The van der Waals surface area contributed by atoms with Crippen LogP contribution in [0.4, 0.5) is 4.39 Å². The molecule has 0 saturated carbocycles. The minimum Gasteiger partial charge on any atom is -0.306 e. The van der Waals surface area contributed by atoms with Gasteiger partial charge >= 0.3 is 0 Å². The molecule has 0 bridgehead atoms. The molecule has 0 spiro atoms. The topological polar surface area (TPSA) is 12.0 Å². The normalized spacial score (nSPS) is 12.4. The Bertz CT molecular complexity index is 566. The molecular formula is C17H19BrFN. The van der Waals surface area contributed by atoms with Gasteiger partial charge in [0.05, 0.1) is 6.04 Å². The molecule has 0 amide bonds. The van der Waals surface area contributed by atoms with E-state index in [2.05, 4.69) is 59.4 Å². The van der Waals surface area contributed by atoms with Gasteiger partial charge in [0.15, 0.2) is 0 Å². The molecule has 1 unspecified atom stereocenters. The van der Waals surface area contributed by atoms with Gasteiger partial charge in [-0.25, -0.2) is 4.39 Å². The van der Waals surface area contributed by atoms with Crippen molar-refractivity contribution in [2.45, 2.75) is 26.3 Å². The van der Waals surface area contributed by atoms with E-state index in [0.717, 1.165) is 28.6 Å². The molecule has 106 valence electrons. The van der Waals surface area contributed by atoms with Crippen molar-refractivity contribution in [3.63, 3.8) is 0 Å². The smallest absolute Gasteiger partial charge is 0.123 e. The average molecular weight is 336 g/mol. The maximum atomic E-state index is 13.6. The van der Waals surface area contributed by atoms with Crippen molar-refractivity contribution < 1.29 is 4.39 Å². The van der Waals surface area contributed by atoms with Crippen LogP contribution in [-0.2, 0) is 0 Å². The fraction of sp³-hybridized carbons (Fsp3) is 0.294. The summed E-state index contributed by atoms with van der Waals surface area (Å²) in [5.74, 6) is -0.210. The molecule has 2 aromatic rings. The van der Waals surface area contributed by atoms with E-state index in [9.17, 15) is 4.39 Å². The number of hydrogen-bond acceptors (Lipinski definition) is 1. The summed E-state index contributed by atoms with van der Waals surface area (Å²) < 4.78 is 14.5. The van der Waals surface area contributed by atoms with Crippen molar-refractivity contribution in [2.24, 2.45) is 0 Å². The molecule has 1 N–H and O–H groups in total. The van der Waals surface area contributed by atoms with Crippen LogP contribution in [0.3, 0.4) is 0 Å². The number of nitrogens with one attached hydrogen (secondary N) is 1. The van der Waals surface area contributed by atoms with Crippen molar-refractivity contribution >= 4 is 15.9 Å². The van der Waals surface area contributed by atoms with Gasteiger partial charge in [-0.1, -0.05) is 52.7 Å². The number of hydrogen-bond donors (Lipinski definition) is 1. The Morgan fingerprint density at radius 3 is 2.50 bits per heavy atom. The monoisotopic (exact) mass is 335 g/mol. The Kier molecular flexibility index (Phi) is 5.32. The van der Waals surface area contributed by atoms with Crippen molar-refractivity contribution in [1.29, 1.82) is 0 Å².